The van der Waals surface area contributed by atoms with Crippen LogP contribution in [-0.4, -0.2) is 13.8 Å². The predicted octanol–water partition coefficient (Wildman–Crippen LogP) is -0.466. The number of hydrogen-bond donors (Lipinski definition) is 1. The highest BCUT2D eigenvalue weighted by atomic mass is 16.1. The highest BCUT2D eigenvalue weighted by molar-refractivity contribution is 6.32. The Labute approximate surface area is 73.2 Å². The van der Waals surface area contributed by atoms with Crippen molar-refractivity contribution in [2.45, 2.75) is 12.8 Å². The lowest BCUT2D eigenvalue weighted by Gasteiger charge is -2.07. The highest BCUT2D eigenvalue weighted by Crippen LogP contribution is 2.11. The van der Waals surface area contributed by atoms with Crippen LogP contribution in [0.25, 0.3) is 0 Å². The quantitative estimate of drug-likeness (QED) is 0.585. The summed E-state index contributed by atoms with van der Waals surface area (Å²) < 4.78 is 0. The van der Waals surface area contributed by atoms with Crippen molar-refractivity contribution in [1.82, 2.24) is 0 Å². The summed E-state index contributed by atoms with van der Waals surface area (Å²) in [5.74, 6) is -0.467. The van der Waals surface area contributed by atoms with E-state index in [-0.39, 0.29) is 11.8 Å². The Kier molecular flexibility index (Phi) is 2.53. The third-order valence-corrected chi connectivity index (χ3v) is 1.97. The fraction of sp³-hybridized carbons (Fsp3) is 0.222. The molecule has 0 heterocycles. The first kappa shape index (κ1) is 8.85. The van der Waals surface area contributed by atoms with E-state index in [1.54, 1.807) is 0 Å². The molecule has 0 radical (unpaired) electrons. The summed E-state index contributed by atoms with van der Waals surface area (Å²) in [6.07, 6.45) is 0. The second-order valence-electron chi connectivity index (χ2n) is 3.04. The molecule has 1 atom stereocenters. The lowest BCUT2D eigenvalue weighted by atomic mass is 9.90. The van der Waals surface area contributed by atoms with E-state index in [0.717, 1.165) is 11.0 Å². The van der Waals surface area contributed by atoms with E-state index in [0.29, 0.717) is 0 Å². The summed E-state index contributed by atoms with van der Waals surface area (Å²) >= 11 is 0. The van der Waals surface area contributed by atoms with Gasteiger partial charge >= 0.3 is 0 Å². The van der Waals surface area contributed by atoms with Crippen LogP contribution in [-0.2, 0) is 4.79 Å². The summed E-state index contributed by atoms with van der Waals surface area (Å²) in [7, 11) is 2.00. The van der Waals surface area contributed by atoms with E-state index in [1.165, 1.54) is 0 Å². The topological polar surface area (TPSA) is 43.1 Å². The molecule has 62 valence electrons. The van der Waals surface area contributed by atoms with E-state index < -0.39 is 0 Å². The van der Waals surface area contributed by atoms with Crippen molar-refractivity contribution in [3.05, 3.63) is 29.8 Å². The molecule has 0 aliphatic rings. The number of hydrogen-bond acceptors (Lipinski definition) is 1. The van der Waals surface area contributed by atoms with Crippen LogP contribution in [0.2, 0.25) is 0 Å². The van der Waals surface area contributed by atoms with Crippen LogP contribution >= 0.6 is 0 Å². The van der Waals surface area contributed by atoms with Gasteiger partial charge in [0.1, 0.15) is 7.85 Å². The average Bonchev–Trinajstić information content (AvgIpc) is 2.03. The SMILES string of the molecule is Bc1cccc(C(C)C(N)=O)c1. The van der Waals surface area contributed by atoms with E-state index in [1.807, 2.05) is 39.0 Å². The molecule has 2 N–H and O–H groups in total. The van der Waals surface area contributed by atoms with Gasteiger partial charge in [0.15, 0.2) is 0 Å². The van der Waals surface area contributed by atoms with Crippen LogP contribution < -0.4 is 11.2 Å². The van der Waals surface area contributed by atoms with Crippen molar-refractivity contribution in [3.63, 3.8) is 0 Å². The maximum Gasteiger partial charge on any atom is 0.224 e. The Morgan fingerprint density at radius 2 is 2.25 bits per heavy atom. The molecule has 0 fully saturated rings. The molecular formula is C9H12BNO. The number of carbonyl (C=O) groups is 1. The summed E-state index contributed by atoms with van der Waals surface area (Å²) in [6, 6.07) is 7.83. The van der Waals surface area contributed by atoms with Gasteiger partial charge in [0, 0.05) is 0 Å². The second-order valence-corrected chi connectivity index (χ2v) is 3.04. The van der Waals surface area contributed by atoms with E-state index in [9.17, 15) is 4.79 Å². The van der Waals surface area contributed by atoms with E-state index in [4.69, 9.17) is 5.73 Å². The van der Waals surface area contributed by atoms with E-state index in [2.05, 4.69) is 0 Å². The molecule has 0 aliphatic carbocycles. The Balaban J connectivity index is 2.95. The first-order valence-electron chi connectivity index (χ1n) is 3.97. The monoisotopic (exact) mass is 161 g/mol. The van der Waals surface area contributed by atoms with Gasteiger partial charge in [-0.2, -0.15) is 0 Å². The minimum Gasteiger partial charge on any atom is -0.369 e. The summed E-state index contributed by atoms with van der Waals surface area (Å²) in [5, 5.41) is 0. The number of carbonyl (C=O) groups excluding carboxylic acids is 1. The first-order valence-corrected chi connectivity index (χ1v) is 3.97. The van der Waals surface area contributed by atoms with Crippen LogP contribution in [0, 0.1) is 0 Å². The smallest absolute Gasteiger partial charge is 0.224 e. The molecule has 2 nitrogen and oxygen atoms in total. The fourth-order valence-corrected chi connectivity index (χ4v) is 1.10. The zero-order valence-electron chi connectivity index (χ0n) is 7.37. The van der Waals surface area contributed by atoms with E-state index >= 15 is 0 Å². The van der Waals surface area contributed by atoms with Crippen molar-refractivity contribution in [2.75, 3.05) is 0 Å². The van der Waals surface area contributed by atoms with Gasteiger partial charge in [0.05, 0.1) is 5.92 Å². The molecule has 0 aromatic heterocycles. The maximum absolute atomic E-state index is 10.8. The molecule has 3 heteroatoms. The van der Waals surface area contributed by atoms with Crippen LogP contribution in [0.3, 0.4) is 0 Å². The molecule has 1 amide bonds. The lowest BCUT2D eigenvalue weighted by Crippen LogP contribution is -2.19. The van der Waals surface area contributed by atoms with Gasteiger partial charge in [-0.25, -0.2) is 0 Å². The van der Waals surface area contributed by atoms with Crippen LogP contribution in [0.1, 0.15) is 18.4 Å². The minimum absolute atomic E-state index is 0.190. The zero-order valence-corrected chi connectivity index (χ0v) is 7.37. The molecule has 1 rings (SSSR count). The molecule has 12 heavy (non-hydrogen) atoms. The minimum atomic E-state index is -0.277. The molecule has 0 saturated heterocycles. The van der Waals surface area contributed by atoms with Gasteiger partial charge in [0.25, 0.3) is 0 Å². The van der Waals surface area contributed by atoms with Gasteiger partial charge in [-0.3, -0.25) is 4.79 Å². The highest BCUT2D eigenvalue weighted by Gasteiger charge is 2.10. The largest absolute Gasteiger partial charge is 0.369 e. The molecule has 0 spiro atoms. The molecular weight excluding hydrogens is 149 g/mol. The van der Waals surface area contributed by atoms with Gasteiger partial charge in [0.2, 0.25) is 5.91 Å². The Bertz CT molecular complexity index is 298. The van der Waals surface area contributed by atoms with Crippen molar-refractivity contribution in [3.8, 4) is 0 Å². The second kappa shape index (κ2) is 3.43. The van der Waals surface area contributed by atoms with Crippen molar-refractivity contribution in [1.29, 1.82) is 0 Å². The van der Waals surface area contributed by atoms with Gasteiger partial charge in [-0.05, 0) is 12.5 Å². The van der Waals surface area contributed by atoms with Gasteiger partial charge in [-0.1, -0.05) is 29.7 Å². The number of benzene rings is 1. The van der Waals surface area contributed by atoms with Crippen molar-refractivity contribution in [2.24, 2.45) is 5.73 Å². The normalized spacial score (nSPS) is 12.4. The lowest BCUT2D eigenvalue weighted by molar-refractivity contribution is -0.119. The molecule has 1 aromatic carbocycles. The third kappa shape index (κ3) is 1.88. The molecule has 0 bridgehead atoms. The Morgan fingerprint density at radius 1 is 1.58 bits per heavy atom. The van der Waals surface area contributed by atoms with Crippen molar-refractivity contribution < 1.29 is 4.79 Å². The standard InChI is InChI=1S/C9H12BNO/c1-6(9(11)12)7-3-2-4-8(10)5-7/h2-6H,10H2,1H3,(H2,11,12). The summed E-state index contributed by atoms with van der Waals surface area (Å²) in [6.45, 7) is 1.82. The molecule has 1 aromatic rings. The predicted molar refractivity (Wildman–Crippen MR) is 52.2 cm³/mol. The third-order valence-electron chi connectivity index (χ3n) is 1.97. The Hall–Kier alpha value is -1.25. The number of primary amides is 1. The van der Waals surface area contributed by atoms with Gasteiger partial charge < -0.3 is 5.73 Å². The summed E-state index contributed by atoms with van der Waals surface area (Å²) in [5.41, 5.74) is 7.32. The van der Waals surface area contributed by atoms with Crippen LogP contribution in [0.4, 0.5) is 0 Å². The molecule has 0 aliphatic heterocycles. The fourth-order valence-electron chi connectivity index (χ4n) is 1.10. The first-order chi connectivity index (χ1) is 5.61. The number of amides is 1. The molecule has 0 saturated carbocycles. The summed E-state index contributed by atoms with van der Waals surface area (Å²) in [4.78, 5) is 10.8. The van der Waals surface area contributed by atoms with Crippen molar-refractivity contribution >= 4 is 19.2 Å². The van der Waals surface area contributed by atoms with Crippen LogP contribution in [0.15, 0.2) is 24.3 Å². The Morgan fingerprint density at radius 3 is 2.75 bits per heavy atom. The van der Waals surface area contributed by atoms with Gasteiger partial charge in [-0.15, -0.1) is 0 Å². The van der Waals surface area contributed by atoms with Crippen LogP contribution in [0.5, 0.6) is 0 Å². The maximum atomic E-state index is 10.8. The number of nitrogens with two attached hydrogens (primary N) is 1. The number of rotatable bonds is 2. The zero-order chi connectivity index (χ0) is 9.14. The average molecular weight is 161 g/mol. The molecule has 1 unspecified atom stereocenters.